The van der Waals surface area contributed by atoms with Crippen LogP contribution in [0, 0.1) is 0 Å². The number of nitrogens with zero attached hydrogens (tertiary/aromatic N) is 1. The van der Waals surface area contributed by atoms with Crippen LogP contribution in [0.25, 0.3) is 0 Å². The Balaban J connectivity index is 1.94. The predicted molar refractivity (Wildman–Crippen MR) is 118 cm³/mol. The Morgan fingerprint density at radius 1 is 1.09 bits per heavy atom. The number of sulfonamides is 1. The molecule has 0 saturated heterocycles. The molecule has 12 heteroatoms. The number of aliphatic carboxylic acids is 1. The fourth-order valence-corrected chi connectivity index (χ4v) is 3.73. The highest BCUT2D eigenvalue weighted by Crippen LogP contribution is 2.14. The first kappa shape index (κ1) is 24.6. The molecule has 2 aromatic carbocycles. The molecule has 0 aromatic heterocycles. The topological polar surface area (TPSA) is 186 Å². The summed E-state index contributed by atoms with van der Waals surface area (Å²) in [5.74, 6) is -1.58. The number of amides is 1. The van der Waals surface area contributed by atoms with Crippen molar-refractivity contribution in [3.8, 4) is 5.75 Å². The molecule has 0 saturated carbocycles. The number of nitrogens with one attached hydrogen (secondary N) is 2. The molecule has 0 fully saturated rings. The van der Waals surface area contributed by atoms with Crippen LogP contribution in [-0.4, -0.2) is 57.1 Å². The molecule has 32 heavy (non-hydrogen) atoms. The molecule has 0 heterocycles. The molecule has 0 radical (unpaired) electrons. The molecule has 0 unspecified atom stereocenters. The average Bonchev–Trinajstić information content (AvgIpc) is 2.76. The van der Waals surface area contributed by atoms with Crippen molar-refractivity contribution in [3.63, 3.8) is 0 Å². The zero-order valence-electron chi connectivity index (χ0n) is 17.1. The smallest absolute Gasteiger partial charge is 0.323 e. The van der Waals surface area contributed by atoms with E-state index in [1.807, 2.05) is 0 Å². The van der Waals surface area contributed by atoms with Crippen LogP contribution in [0.5, 0.6) is 5.75 Å². The minimum atomic E-state index is -4.07. The van der Waals surface area contributed by atoms with E-state index >= 15 is 0 Å². The van der Waals surface area contributed by atoms with Gasteiger partial charge in [-0.1, -0.05) is 24.3 Å². The number of ether oxygens (including phenoxy) is 1. The van der Waals surface area contributed by atoms with Gasteiger partial charge in [-0.3, -0.25) is 14.6 Å². The van der Waals surface area contributed by atoms with Gasteiger partial charge in [0.2, 0.25) is 10.0 Å². The molecule has 11 nitrogen and oxygen atoms in total. The Bertz CT molecular complexity index is 1060. The first-order chi connectivity index (χ1) is 15.2. The molecular formula is C20H25N5O6S. The van der Waals surface area contributed by atoms with Crippen LogP contribution in [0.1, 0.15) is 16.8 Å². The quantitative estimate of drug-likeness (QED) is 0.164. The first-order valence-corrected chi connectivity index (χ1v) is 11.0. The highest BCUT2D eigenvalue weighted by molar-refractivity contribution is 7.89. The lowest BCUT2D eigenvalue weighted by atomic mass is 10.2. The van der Waals surface area contributed by atoms with Crippen molar-refractivity contribution in [2.24, 2.45) is 16.5 Å². The van der Waals surface area contributed by atoms with Gasteiger partial charge in [0, 0.05) is 25.1 Å². The van der Waals surface area contributed by atoms with Crippen molar-refractivity contribution in [1.29, 1.82) is 0 Å². The van der Waals surface area contributed by atoms with Gasteiger partial charge in [-0.15, -0.1) is 0 Å². The fraction of sp³-hybridized carbons (Fsp3) is 0.250. The summed E-state index contributed by atoms with van der Waals surface area (Å²) in [5, 5.41) is 11.8. The summed E-state index contributed by atoms with van der Waals surface area (Å²) in [4.78, 5) is 27.7. The predicted octanol–water partition coefficient (Wildman–Crippen LogP) is -0.110. The van der Waals surface area contributed by atoms with Gasteiger partial charge in [0.05, 0.1) is 11.5 Å². The van der Waals surface area contributed by atoms with Crippen molar-refractivity contribution in [3.05, 3.63) is 60.2 Å². The number of rotatable bonds is 12. The number of benzene rings is 2. The maximum absolute atomic E-state index is 12.4. The second kappa shape index (κ2) is 11.7. The molecule has 2 aromatic rings. The van der Waals surface area contributed by atoms with E-state index in [1.165, 1.54) is 36.4 Å². The minimum absolute atomic E-state index is 0.00519. The van der Waals surface area contributed by atoms with Gasteiger partial charge < -0.3 is 26.6 Å². The second-order valence-corrected chi connectivity index (χ2v) is 8.29. The van der Waals surface area contributed by atoms with Crippen LogP contribution in [0.2, 0.25) is 0 Å². The van der Waals surface area contributed by atoms with Gasteiger partial charge in [0.1, 0.15) is 11.8 Å². The third-order valence-electron chi connectivity index (χ3n) is 4.08. The zero-order valence-corrected chi connectivity index (χ0v) is 17.9. The molecule has 1 amide bonds. The van der Waals surface area contributed by atoms with E-state index in [0.717, 1.165) is 0 Å². The third-order valence-corrected chi connectivity index (χ3v) is 5.57. The van der Waals surface area contributed by atoms with Crippen LogP contribution in [0.3, 0.4) is 0 Å². The molecule has 0 spiro atoms. The van der Waals surface area contributed by atoms with Gasteiger partial charge in [-0.05, 0) is 30.3 Å². The number of hydrogen-bond acceptors (Lipinski definition) is 6. The Hall–Kier alpha value is -3.64. The van der Waals surface area contributed by atoms with E-state index in [4.69, 9.17) is 16.2 Å². The summed E-state index contributed by atoms with van der Waals surface area (Å²) in [5.41, 5.74) is 10.7. The molecular weight excluding hydrogens is 438 g/mol. The Morgan fingerprint density at radius 2 is 1.81 bits per heavy atom. The molecule has 2 rings (SSSR count). The van der Waals surface area contributed by atoms with Crippen LogP contribution in [-0.2, 0) is 14.8 Å². The van der Waals surface area contributed by atoms with E-state index in [0.29, 0.717) is 25.3 Å². The summed E-state index contributed by atoms with van der Waals surface area (Å²) >= 11 is 0. The van der Waals surface area contributed by atoms with E-state index in [1.54, 1.807) is 18.2 Å². The highest BCUT2D eigenvalue weighted by atomic mass is 32.2. The lowest BCUT2D eigenvalue weighted by Gasteiger charge is -2.16. The number of nitrogens with two attached hydrogens (primary N) is 2. The highest BCUT2D eigenvalue weighted by Gasteiger charge is 2.26. The maximum atomic E-state index is 12.4. The maximum Gasteiger partial charge on any atom is 0.323 e. The summed E-state index contributed by atoms with van der Waals surface area (Å²) in [7, 11) is -4.07. The molecule has 172 valence electrons. The van der Waals surface area contributed by atoms with Crippen molar-refractivity contribution in [2.75, 3.05) is 19.7 Å². The zero-order chi connectivity index (χ0) is 23.6. The van der Waals surface area contributed by atoms with E-state index < -0.39 is 34.5 Å². The summed E-state index contributed by atoms with van der Waals surface area (Å²) in [6, 6.07) is 12.0. The average molecular weight is 464 g/mol. The Labute approximate surface area is 185 Å². The molecule has 0 bridgehead atoms. The van der Waals surface area contributed by atoms with E-state index in [2.05, 4.69) is 15.0 Å². The van der Waals surface area contributed by atoms with Gasteiger partial charge in [0.15, 0.2) is 5.96 Å². The standard InChI is InChI=1S/C20H25N5O6S/c21-20(22)23-10-5-11-31-15-7-4-6-14(12-15)18(26)24-13-17(19(27)28)25-32(29,30)16-8-2-1-3-9-16/h1-4,6-9,12,17,25H,5,10-11,13H2,(H,24,26)(H,27,28)(H4,21,22,23)/t17-/m0/s1. The van der Waals surface area contributed by atoms with Crippen molar-refractivity contribution >= 4 is 27.9 Å². The number of carbonyl (C=O) groups excluding carboxylic acids is 1. The number of carbonyl (C=O) groups is 2. The minimum Gasteiger partial charge on any atom is -0.494 e. The summed E-state index contributed by atoms with van der Waals surface area (Å²) in [6.45, 7) is 0.270. The van der Waals surface area contributed by atoms with Crippen LogP contribution < -0.4 is 26.2 Å². The summed E-state index contributed by atoms with van der Waals surface area (Å²) in [6.07, 6.45) is 0.566. The van der Waals surface area contributed by atoms with E-state index in [-0.39, 0.29) is 16.4 Å². The van der Waals surface area contributed by atoms with Crippen LogP contribution in [0.15, 0.2) is 64.5 Å². The molecule has 0 aliphatic heterocycles. The van der Waals surface area contributed by atoms with Gasteiger partial charge in [-0.25, -0.2) is 8.42 Å². The number of carboxylic acid groups (broad SMARTS) is 1. The second-order valence-electron chi connectivity index (χ2n) is 6.57. The van der Waals surface area contributed by atoms with E-state index in [9.17, 15) is 23.1 Å². The lowest BCUT2D eigenvalue weighted by Crippen LogP contribution is -2.48. The third kappa shape index (κ3) is 7.89. The van der Waals surface area contributed by atoms with Crippen molar-refractivity contribution in [1.82, 2.24) is 10.0 Å². The molecule has 7 N–H and O–H groups in total. The fourth-order valence-electron chi connectivity index (χ4n) is 2.52. The number of guanidine groups is 1. The SMILES string of the molecule is NC(N)=NCCCOc1cccc(C(=O)NC[C@H](NS(=O)(=O)c2ccccc2)C(=O)O)c1. The number of carboxylic acids is 1. The molecule has 0 aliphatic rings. The normalized spacial score (nSPS) is 11.9. The van der Waals surface area contributed by atoms with Gasteiger partial charge >= 0.3 is 5.97 Å². The lowest BCUT2D eigenvalue weighted by molar-refractivity contribution is -0.138. The van der Waals surface area contributed by atoms with Crippen molar-refractivity contribution in [2.45, 2.75) is 17.4 Å². The van der Waals surface area contributed by atoms with Crippen molar-refractivity contribution < 1.29 is 27.9 Å². The molecule has 1 atom stereocenters. The van der Waals surface area contributed by atoms with Gasteiger partial charge in [-0.2, -0.15) is 4.72 Å². The van der Waals surface area contributed by atoms with Gasteiger partial charge in [0.25, 0.3) is 5.91 Å². The number of aliphatic imine (C=N–C) groups is 1. The van der Waals surface area contributed by atoms with Crippen LogP contribution >= 0.6 is 0 Å². The van der Waals surface area contributed by atoms with Crippen LogP contribution in [0.4, 0.5) is 0 Å². The monoisotopic (exact) mass is 463 g/mol. The number of hydrogen-bond donors (Lipinski definition) is 5. The Morgan fingerprint density at radius 3 is 2.47 bits per heavy atom. The largest absolute Gasteiger partial charge is 0.494 e. The first-order valence-electron chi connectivity index (χ1n) is 9.55. The molecule has 0 aliphatic carbocycles. The Kier molecular flexibility index (Phi) is 8.98. The summed E-state index contributed by atoms with van der Waals surface area (Å²) < 4.78 is 32.4.